The number of methoxy groups -OCH3 is 1. The van der Waals surface area contributed by atoms with Gasteiger partial charge in [-0.3, -0.25) is 4.79 Å². The summed E-state index contributed by atoms with van der Waals surface area (Å²) in [5.74, 6) is -0.297. The first kappa shape index (κ1) is 14.3. The molecule has 7 heteroatoms. The molecule has 0 aliphatic carbocycles. The summed E-state index contributed by atoms with van der Waals surface area (Å²) in [6.45, 7) is 0.0818. The van der Waals surface area contributed by atoms with Crippen molar-refractivity contribution in [3.05, 3.63) is 22.7 Å². The molecule has 1 aromatic carbocycles. The number of amides is 2. The number of rotatable bonds is 5. The van der Waals surface area contributed by atoms with Crippen molar-refractivity contribution < 1.29 is 19.4 Å². The third-order valence-corrected chi connectivity index (χ3v) is 2.65. The van der Waals surface area contributed by atoms with Gasteiger partial charge in [-0.15, -0.1) is 0 Å². The number of carboxylic acid groups (broad SMARTS) is 1. The van der Waals surface area contributed by atoms with Crippen LogP contribution in [0.25, 0.3) is 0 Å². The van der Waals surface area contributed by atoms with E-state index in [4.69, 9.17) is 9.84 Å². The lowest BCUT2D eigenvalue weighted by Crippen LogP contribution is -2.30. The number of halogens is 1. The second-order valence-corrected chi connectivity index (χ2v) is 4.23. The molecule has 0 saturated heterocycles. The molecule has 1 aromatic rings. The Morgan fingerprint density at radius 2 is 2.17 bits per heavy atom. The predicted molar refractivity (Wildman–Crippen MR) is 70.0 cm³/mol. The molecule has 0 radical (unpaired) electrons. The first-order valence-corrected chi connectivity index (χ1v) is 5.92. The van der Waals surface area contributed by atoms with Crippen molar-refractivity contribution in [1.29, 1.82) is 0 Å². The van der Waals surface area contributed by atoms with Crippen LogP contribution in [0.2, 0.25) is 0 Å². The van der Waals surface area contributed by atoms with Crippen LogP contribution < -0.4 is 15.4 Å². The van der Waals surface area contributed by atoms with Crippen molar-refractivity contribution in [3.8, 4) is 5.75 Å². The van der Waals surface area contributed by atoms with Gasteiger partial charge in [-0.25, -0.2) is 4.79 Å². The summed E-state index contributed by atoms with van der Waals surface area (Å²) < 4.78 is 5.77. The van der Waals surface area contributed by atoms with E-state index in [1.54, 1.807) is 25.3 Å². The van der Waals surface area contributed by atoms with E-state index in [2.05, 4.69) is 26.6 Å². The van der Waals surface area contributed by atoms with Crippen molar-refractivity contribution in [2.24, 2.45) is 0 Å². The zero-order chi connectivity index (χ0) is 13.5. The van der Waals surface area contributed by atoms with Gasteiger partial charge in [0.2, 0.25) is 0 Å². The lowest BCUT2D eigenvalue weighted by molar-refractivity contribution is -0.136. The Kier molecular flexibility index (Phi) is 5.44. The van der Waals surface area contributed by atoms with Gasteiger partial charge in [0.25, 0.3) is 0 Å². The molecule has 0 aliphatic heterocycles. The molecule has 0 saturated carbocycles. The largest absolute Gasteiger partial charge is 0.496 e. The van der Waals surface area contributed by atoms with Crippen LogP contribution in [0.1, 0.15) is 6.42 Å². The summed E-state index contributed by atoms with van der Waals surface area (Å²) in [5, 5.41) is 13.4. The van der Waals surface area contributed by atoms with Gasteiger partial charge in [-0.1, -0.05) is 0 Å². The lowest BCUT2D eigenvalue weighted by Gasteiger charge is -2.08. The number of aliphatic carboxylic acids is 1. The molecule has 0 bridgehead atoms. The number of nitrogens with one attached hydrogen (secondary N) is 2. The SMILES string of the molecule is COc1ccc(NC(=O)NCCC(=O)O)cc1Br. The highest BCUT2D eigenvalue weighted by Gasteiger charge is 2.05. The number of carbonyl (C=O) groups excluding carboxylic acids is 1. The van der Waals surface area contributed by atoms with Gasteiger partial charge >= 0.3 is 12.0 Å². The summed E-state index contributed by atoms with van der Waals surface area (Å²) in [6.07, 6.45) is -0.111. The van der Waals surface area contributed by atoms with E-state index in [-0.39, 0.29) is 13.0 Å². The van der Waals surface area contributed by atoms with Crippen molar-refractivity contribution in [2.45, 2.75) is 6.42 Å². The lowest BCUT2D eigenvalue weighted by atomic mass is 10.3. The molecule has 0 heterocycles. The first-order chi connectivity index (χ1) is 8.52. The monoisotopic (exact) mass is 316 g/mol. The van der Waals surface area contributed by atoms with Gasteiger partial charge in [-0.05, 0) is 34.1 Å². The number of hydrogen-bond donors (Lipinski definition) is 3. The Labute approximate surface area is 112 Å². The zero-order valence-electron chi connectivity index (χ0n) is 9.70. The van der Waals surface area contributed by atoms with Crippen LogP contribution in [0.15, 0.2) is 22.7 Å². The number of urea groups is 1. The molecular formula is C11H13BrN2O4. The van der Waals surface area contributed by atoms with Crippen molar-refractivity contribution in [1.82, 2.24) is 5.32 Å². The smallest absolute Gasteiger partial charge is 0.319 e. The summed E-state index contributed by atoms with van der Waals surface area (Å²) in [4.78, 5) is 21.7. The van der Waals surface area contributed by atoms with Crippen molar-refractivity contribution in [3.63, 3.8) is 0 Å². The second-order valence-electron chi connectivity index (χ2n) is 3.37. The van der Waals surface area contributed by atoms with Crippen LogP contribution in [-0.4, -0.2) is 30.8 Å². The molecule has 1 rings (SSSR count). The maximum Gasteiger partial charge on any atom is 0.319 e. The minimum atomic E-state index is -0.956. The Hall–Kier alpha value is -1.76. The summed E-state index contributed by atoms with van der Waals surface area (Å²) in [7, 11) is 1.55. The fourth-order valence-corrected chi connectivity index (χ4v) is 1.74. The molecule has 0 unspecified atom stereocenters. The van der Waals surface area contributed by atoms with E-state index in [1.165, 1.54) is 0 Å². The number of anilines is 1. The van der Waals surface area contributed by atoms with E-state index in [0.29, 0.717) is 15.9 Å². The Balaban J connectivity index is 2.49. The van der Waals surface area contributed by atoms with Gasteiger partial charge in [0.05, 0.1) is 18.0 Å². The number of carboxylic acids is 1. The van der Waals surface area contributed by atoms with Crippen LogP contribution in [0, 0.1) is 0 Å². The summed E-state index contributed by atoms with van der Waals surface area (Å²) in [6, 6.07) is 4.63. The molecule has 3 N–H and O–H groups in total. The summed E-state index contributed by atoms with van der Waals surface area (Å²) in [5.41, 5.74) is 0.579. The standard InChI is InChI=1S/C11H13BrN2O4/c1-18-9-3-2-7(6-8(9)12)14-11(17)13-5-4-10(15)16/h2-3,6H,4-5H2,1H3,(H,15,16)(H2,13,14,17). The molecule has 0 aliphatic rings. The van der Waals surface area contributed by atoms with E-state index in [0.717, 1.165) is 0 Å². The van der Waals surface area contributed by atoms with Gasteiger partial charge in [-0.2, -0.15) is 0 Å². The predicted octanol–water partition coefficient (Wildman–Crippen LogP) is 2.05. The number of ether oxygens (including phenoxy) is 1. The molecule has 98 valence electrons. The minimum Gasteiger partial charge on any atom is -0.496 e. The Morgan fingerprint density at radius 3 is 2.72 bits per heavy atom. The molecule has 0 aromatic heterocycles. The molecule has 6 nitrogen and oxygen atoms in total. The molecule has 0 spiro atoms. The van der Waals surface area contributed by atoms with Crippen molar-refractivity contribution in [2.75, 3.05) is 19.0 Å². The second kappa shape index (κ2) is 6.85. The first-order valence-electron chi connectivity index (χ1n) is 5.13. The topological polar surface area (TPSA) is 87.7 Å². The molecule has 0 atom stereocenters. The van der Waals surface area contributed by atoms with Crippen LogP contribution in [0.4, 0.5) is 10.5 Å². The zero-order valence-corrected chi connectivity index (χ0v) is 11.3. The van der Waals surface area contributed by atoms with Gasteiger partial charge in [0.1, 0.15) is 5.75 Å². The number of carbonyl (C=O) groups is 2. The minimum absolute atomic E-state index is 0.0818. The van der Waals surface area contributed by atoms with Crippen LogP contribution >= 0.6 is 15.9 Å². The normalized spacial score (nSPS) is 9.67. The quantitative estimate of drug-likeness (QED) is 0.775. The van der Waals surface area contributed by atoms with Gasteiger partial charge < -0.3 is 20.5 Å². The highest BCUT2D eigenvalue weighted by Crippen LogP contribution is 2.27. The van der Waals surface area contributed by atoms with E-state index >= 15 is 0 Å². The van der Waals surface area contributed by atoms with Gasteiger partial charge in [0.15, 0.2) is 0 Å². The van der Waals surface area contributed by atoms with Gasteiger partial charge in [0, 0.05) is 12.2 Å². The van der Waals surface area contributed by atoms with Crippen molar-refractivity contribution >= 4 is 33.6 Å². The van der Waals surface area contributed by atoms with E-state index in [1.807, 2.05) is 0 Å². The van der Waals surface area contributed by atoms with Crippen LogP contribution in [0.3, 0.4) is 0 Å². The number of hydrogen-bond acceptors (Lipinski definition) is 3. The average molecular weight is 317 g/mol. The Morgan fingerprint density at radius 1 is 1.44 bits per heavy atom. The third kappa shape index (κ3) is 4.62. The molecular weight excluding hydrogens is 304 g/mol. The molecule has 2 amide bonds. The maximum atomic E-state index is 11.4. The highest BCUT2D eigenvalue weighted by atomic mass is 79.9. The number of benzene rings is 1. The molecule has 18 heavy (non-hydrogen) atoms. The van der Waals surface area contributed by atoms with E-state index < -0.39 is 12.0 Å². The highest BCUT2D eigenvalue weighted by molar-refractivity contribution is 9.10. The summed E-state index contributed by atoms with van der Waals surface area (Å²) >= 11 is 3.29. The molecule has 0 fully saturated rings. The third-order valence-electron chi connectivity index (χ3n) is 2.03. The fourth-order valence-electron chi connectivity index (χ4n) is 1.20. The average Bonchev–Trinajstić information content (AvgIpc) is 2.28. The van der Waals surface area contributed by atoms with Crippen LogP contribution in [-0.2, 0) is 4.79 Å². The van der Waals surface area contributed by atoms with E-state index in [9.17, 15) is 9.59 Å². The Bertz CT molecular complexity index is 451. The van der Waals surface area contributed by atoms with Crippen LogP contribution in [0.5, 0.6) is 5.75 Å². The fraction of sp³-hybridized carbons (Fsp3) is 0.273. The maximum absolute atomic E-state index is 11.4.